The van der Waals surface area contributed by atoms with Crippen LogP contribution in [0.1, 0.15) is 23.3 Å². The van der Waals surface area contributed by atoms with Crippen LogP contribution in [0.4, 0.5) is 0 Å². The Kier molecular flexibility index (Phi) is 10.5. The molecule has 0 amide bonds. The number of benzene rings is 1. The summed E-state index contributed by atoms with van der Waals surface area (Å²) in [5.41, 5.74) is 2.64. The Morgan fingerprint density at radius 2 is 1.88 bits per heavy atom. The van der Waals surface area contributed by atoms with Gasteiger partial charge >= 0.3 is 0 Å². The number of ether oxygens (including phenoxy) is 1. The number of furan rings is 1. The van der Waals surface area contributed by atoms with Crippen LogP contribution < -0.4 is 5.32 Å². The zero-order valence-electron chi connectivity index (χ0n) is 19.9. The molecular weight excluding hydrogens is 529 g/mol. The molecule has 0 radical (unpaired) electrons. The number of nitrogens with zero attached hydrogens (tertiary/aromatic N) is 4. The van der Waals surface area contributed by atoms with Crippen molar-refractivity contribution in [2.45, 2.75) is 26.1 Å². The highest BCUT2D eigenvalue weighted by Crippen LogP contribution is 2.19. The average molecular weight is 568 g/mol. The summed E-state index contributed by atoms with van der Waals surface area (Å²) < 4.78 is 11.0. The fourth-order valence-electron chi connectivity index (χ4n) is 4.73. The molecule has 2 aliphatic heterocycles. The van der Waals surface area contributed by atoms with E-state index in [0.29, 0.717) is 5.92 Å². The van der Waals surface area contributed by atoms with Crippen LogP contribution in [0.3, 0.4) is 0 Å². The third kappa shape index (κ3) is 7.70. The average Bonchev–Trinajstić information content (AvgIpc) is 3.48. The lowest BCUT2D eigenvalue weighted by Crippen LogP contribution is -2.42. The van der Waals surface area contributed by atoms with Gasteiger partial charge in [-0.1, -0.05) is 24.3 Å². The molecule has 1 N–H and O–H groups in total. The first kappa shape index (κ1) is 26.0. The molecule has 0 aliphatic carbocycles. The molecule has 3 heterocycles. The van der Waals surface area contributed by atoms with E-state index < -0.39 is 0 Å². The van der Waals surface area contributed by atoms with E-state index in [1.807, 2.05) is 19.2 Å². The van der Waals surface area contributed by atoms with Crippen LogP contribution in [0.15, 0.2) is 52.1 Å². The molecule has 0 spiro atoms. The van der Waals surface area contributed by atoms with Gasteiger partial charge in [0.15, 0.2) is 5.96 Å². The van der Waals surface area contributed by atoms with Crippen molar-refractivity contribution in [3.63, 3.8) is 0 Å². The maximum atomic E-state index is 5.49. The van der Waals surface area contributed by atoms with Crippen LogP contribution >= 0.6 is 24.0 Å². The summed E-state index contributed by atoms with van der Waals surface area (Å²) in [4.78, 5) is 11.8. The molecule has 1 aromatic carbocycles. The van der Waals surface area contributed by atoms with Crippen LogP contribution in [0.2, 0.25) is 0 Å². The van der Waals surface area contributed by atoms with E-state index in [2.05, 4.69) is 56.3 Å². The van der Waals surface area contributed by atoms with E-state index in [9.17, 15) is 0 Å². The minimum Gasteiger partial charge on any atom is -0.468 e. The monoisotopic (exact) mass is 567 g/mol. The van der Waals surface area contributed by atoms with Crippen molar-refractivity contribution in [1.82, 2.24) is 20.0 Å². The van der Waals surface area contributed by atoms with Gasteiger partial charge in [-0.25, -0.2) is 0 Å². The number of morpholine rings is 1. The van der Waals surface area contributed by atoms with Gasteiger partial charge in [0.2, 0.25) is 0 Å². The van der Waals surface area contributed by atoms with Crippen molar-refractivity contribution in [3.8, 4) is 0 Å². The third-order valence-corrected chi connectivity index (χ3v) is 6.42. The SMILES string of the molecule is CN=C(NCc1ccccc1CN(C)Cc1ccco1)N1CCC(CN2CCOCC2)C1.I. The number of nitrogens with one attached hydrogen (secondary N) is 1. The summed E-state index contributed by atoms with van der Waals surface area (Å²) in [6.45, 7) is 9.64. The highest BCUT2D eigenvalue weighted by atomic mass is 127. The van der Waals surface area contributed by atoms with Gasteiger partial charge in [-0.15, -0.1) is 24.0 Å². The predicted molar refractivity (Wildman–Crippen MR) is 143 cm³/mol. The molecule has 1 unspecified atom stereocenters. The summed E-state index contributed by atoms with van der Waals surface area (Å²) in [5, 5.41) is 3.62. The minimum atomic E-state index is 0. The van der Waals surface area contributed by atoms with Gasteiger partial charge in [-0.3, -0.25) is 14.8 Å². The summed E-state index contributed by atoms with van der Waals surface area (Å²) in [7, 11) is 4.02. The summed E-state index contributed by atoms with van der Waals surface area (Å²) in [6.07, 6.45) is 2.96. The molecule has 2 aromatic rings. The fraction of sp³-hybridized carbons (Fsp3) is 0.560. The molecular formula is C25H38IN5O2. The van der Waals surface area contributed by atoms with Crippen LogP contribution in [-0.2, 0) is 24.4 Å². The highest BCUT2D eigenvalue weighted by Gasteiger charge is 2.27. The van der Waals surface area contributed by atoms with E-state index in [-0.39, 0.29) is 24.0 Å². The molecule has 182 valence electrons. The number of likely N-dealkylation sites (tertiary alicyclic amines) is 1. The second-order valence-corrected chi connectivity index (χ2v) is 8.93. The normalized spacial score (nSPS) is 19.7. The first-order valence-electron chi connectivity index (χ1n) is 11.7. The molecule has 0 saturated carbocycles. The van der Waals surface area contributed by atoms with Gasteiger partial charge < -0.3 is 19.4 Å². The first-order chi connectivity index (χ1) is 15.7. The highest BCUT2D eigenvalue weighted by molar-refractivity contribution is 14.0. The number of aliphatic imine (C=N–C) groups is 1. The van der Waals surface area contributed by atoms with Gasteiger partial charge in [0, 0.05) is 52.9 Å². The van der Waals surface area contributed by atoms with Crippen molar-refractivity contribution in [3.05, 3.63) is 59.5 Å². The van der Waals surface area contributed by atoms with Crippen molar-refractivity contribution in [1.29, 1.82) is 0 Å². The quantitative estimate of drug-likeness (QED) is 0.301. The molecule has 1 atom stereocenters. The zero-order chi connectivity index (χ0) is 22.2. The molecule has 2 saturated heterocycles. The lowest BCUT2D eigenvalue weighted by molar-refractivity contribution is 0.0315. The van der Waals surface area contributed by atoms with Crippen molar-refractivity contribution in [2.24, 2.45) is 10.9 Å². The van der Waals surface area contributed by atoms with Crippen LogP contribution in [0.5, 0.6) is 0 Å². The molecule has 8 heteroatoms. The third-order valence-electron chi connectivity index (χ3n) is 6.42. The number of hydrogen-bond acceptors (Lipinski definition) is 5. The van der Waals surface area contributed by atoms with Crippen LogP contribution in [0, 0.1) is 5.92 Å². The van der Waals surface area contributed by atoms with Crippen LogP contribution in [-0.4, -0.2) is 80.7 Å². The van der Waals surface area contributed by atoms with Gasteiger partial charge in [-0.2, -0.15) is 0 Å². The Balaban J connectivity index is 0.00000306. The molecule has 1 aromatic heterocycles. The van der Waals surface area contributed by atoms with E-state index in [1.54, 1.807) is 6.26 Å². The van der Waals surface area contributed by atoms with E-state index in [0.717, 1.165) is 70.7 Å². The number of rotatable bonds is 8. The second kappa shape index (κ2) is 13.3. The predicted octanol–water partition coefficient (Wildman–Crippen LogP) is 3.26. The molecule has 2 fully saturated rings. The Hall–Kier alpha value is -1.62. The smallest absolute Gasteiger partial charge is 0.193 e. The second-order valence-electron chi connectivity index (χ2n) is 8.93. The maximum absolute atomic E-state index is 5.49. The van der Waals surface area contributed by atoms with Crippen molar-refractivity contribution >= 4 is 29.9 Å². The Morgan fingerprint density at radius 1 is 1.09 bits per heavy atom. The van der Waals surface area contributed by atoms with Crippen LogP contribution in [0.25, 0.3) is 0 Å². The van der Waals surface area contributed by atoms with Gasteiger partial charge in [0.05, 0.1) is 26.0 Å². The number of guanidine groups is 1. The van der Waals surface area contributed by atoms with Gasteiger partial charge in [0.25, 0.3) is 0 Å². The lowest BCUT2D eigenvalue weighted by Gasteiger charge is -2.29. The summed E-state index contributed by atoms with van der Waals surface area (Å²) >= 11 is 0. The zero-order valence-corrected chi connectivity index (χ0v) is 22.2. The lowest BCUT2D eigenvalue weighted by atomic mass is 10.1. The molecule has 0 bridgehead atoms. The molecule has 4 rings (SSSR count). The maximum Gasteiger partial charge on any atom is 0.193 e. The Labute approximate surface area is 215 Å². The van der Waals surface area contributed by atoms with Gasteiger partial charge in [-0.05, 0) is 42.6 Å². The van der Waals surface area contributed by atoms with E-state index in [4.69, 9.17) is 9.15 Å². The Morgan fingerprint density at radius 3 is 2.61 bits per heavy atom. The Bertz CT molecular complexity index is 854. The van der Waals surface area contributed by atoms with Crippen molar-refractivity contribution < 1.29 is 9.15 Å². The standard InChI is InChI=1S/C25H37N5O2.HI/c1-26-25(30-10-9-21(18-30)17-29-11-14-31-15-12-29)27-16-22-6-3-4-7-23(22)19-28(2)20-24-8-5-13-32-24;/h3-8,13,21H,9-12,14-20H2,1-2H3,(H,26,27);1H. The summed E-state index contributed by atoms with van der Waals surface area (Å²) in [5.74, 6) is 2.70. The molecule has 7 nitrogen and oxygen atoms in total. The topological polar surface area (TPSA) is 56.5 Å². The largest absolute Gasteiger partial charge is 0.468 e. The fourth-order valence-corrected chi connectivity index (χ4v) is 4.73. The van der Waals surface area contributed by atoms with Crippen molar-refractivity contribution in [2.75, 3.05) is 60.0 Å². The molecule has 2 aliphatic rings. The summed E-state index contributed by atoms with van der Waals surface area (Å²) in [6, 6.07) is 12.6. The molecule has 33 heavy (non-hydrogen) atoms. The van der Waals surface area contributed by atoms with Gasteiger partial charge in [0.1, 0.15) is 5.76 Å². The van der Waals surface area contributed by atoms with E-state index in [1.165, 1.54) is 24.1 Å². The van der Waals surface area contributed by atoms with E-state index >= 15 is 0 Å². The number of hydrogen-bond donors (Lipinski definition) is 1. The number of halogens is 1. The minimum absolute atomic E-state index is 0. The first-order valence-corrected chi connectivity index (χ1v) is 11.7.